The van der Waals surface area contributed by atoms with Gasteiger partial charge in [0.05, 0.1) is 39.0 Å². The third kappa shape index (κ3) is 7.73. The number of halogens is 3. The Morgan fingerprint density at radius 3 is 1.27 bits per heavy atom. The van der Waals surface area contributed by atoms with E-state index in [1.165, 1.54) is 28.3 Å². The molecule has 344 valence electrons. The van der Waals surface area contributed by atoms with Gasteiger partial charge in [-0.1, -0.05) is 149 Å². The van der Waals surface area contributed by atoms with Gasteiger partial charge >= 0.3 is 6.18 Å². The summed E-state index contributed by atoms with van der Waals surface area (Å²) in [5.74, 6) is 0.775. The smallest absolute Gasteiger partial charge is 0.309 e. The average Bonchev–Trinajstić information content (AvgIpc) is 3.87. The minimum absolute atomic E-state index is 0.112. The Morgan fingerprint density at radius 2 is 0.761 bits per heavy atom. The fourth-order valence-electron chi connectivity index (χ4n) is 10.6. The molecule has 0 aliphatic rings. The molecule has 0 aliphatic heterocycles. The summed E-state index contributed by atoms with van der Waals surface area (Å²) in [5, 5.41) is 4.12. The van der Waals surface area contributed by atoms with E-state index in [2.05, 4.69) is 148 Å². The van der Waals surface area contributed by atoms with Crippen LogP contribution in [-0.4, -0.2) is 24.1 Å². The normalized spacial score (nSPS) is 11.9. The standard InChI is InChI=1S/C63H46F3N5/c1-37-19-23-58(70-54-17-11-9-15-48(54)50-34-43(20-24-56(50)70)45-29-38(2)27-39(3)30-45)52(33-37)61-67-60(42-13-7-6-8-14-42)68-62(69-61)53-36-47(63(64,65)66)22-26-59(53)71-55-18-12-10-16-49(55)51-35-44(21-25-57(51)71)46-31-40(4)28-41(5)32-46/h6-36H,1-5H3. The molecular formula is C63H46F3N5. The van der Waals surface area contributed by atoms with Crippen molar-refractivity contribution in [3.63, 3.8) is 0 Å². The van der Waals surface area contributed by atoms with E-state index >= 15 is 13.2 Å². The minimum atomic E-state index is -4.65. The van der Waals surface area contributed by atoms with Crippen molar-refractivity contribution in [2.45, 2.75) is 40.8 Å². The Hall–Kier alpha value is -8.62. The zero-order valence-corrected chi connectivity index (χ0v) is 39.8. The Morgan fingerprint density at radius 1 is 0.324 bits per heavy atom. The van der Waals surface area contributed by atoms with Crippen LogP contribution in [-0.2, 0) is 6.18 Å². The molecule has 0 atom stereocenters. The van der Waals surface area contributed by atoms with Crippen molar-refractivity contribution in [3.8, 4) is 67.8 Å². The number of aromatic nitrogens is 5. The largest absolute Gasteiger partial charge is 0.416 e. The lowest BCUT2D eigenvalue weighted by Crippen LogP contribution is -2.09. The first kappa shape index (κ1) is 43.6. The van der Waals surface area contributed by atoms with Gasteiger partial charge in [0.1, 0.15) is 0 Å². The van der Waals surface area contributed by atoms with Crippen molar-refractivity contribution < 1.29 is 13.2 Å². The molecule has 0 radical (unpaired) electrons. The van der Waals surface area contributed by atoms with Crippen LogP contribution >= 0.6 is 0 Å². The molecule has 0 saturated carbocycles. The molecule has 0 aliphatic carbocycles. The summed E-state index contributed by atoms with van der Waals surface area (Å²) in [7, 11) is 0. The van der Waals surface area contributed by atoms with Gasteiger partial charge < -0.3 is 9.13 Å². The van der Waals surface area contributed by atoms with Crippen molar-refractivity contribution >= 4 is 43.6 Å². The number of rotatable bonds is 7. The quantitative estimate of drug-likeness (QED) is 0.160. The van der Waals surface area contributed by atoms with Crippen molar-refractivity contribution in [1.29, 1.82) is 0 Å². The molecule has 71 heavy (non-hydrogen) atoms. The number of para-hydroxylation sites is 2. The first-order valence-corrected chi connectivity index (χ1v) is 23.7. The van der Waals surface area contributed by atoms with Gasteiger partial charge in [-0.05, 0) is 124 Å². The predicted molar refractivity (Wildman–Crippen MR) is 284 cm³/mol. The highest BCUT2D eigenvalue weighted by atomic mass is 19.4. The van der Waals surface area contributed by atoms with E-state index in [9.17, 15) is 0 Å². The summed E-state index contributed by atoms with van der Waals surface area (Å²) in [6, 6.07) is 62.1. The van der Waals surface area contributed by atoms with E-state index in [4.69, 9.17) is 15.0 Å². The molecule has 0 fully saturated rings. The molecule has 9 aromatic carbocycles. The van der Waals surface area contributed by atoms with Gasteiger partial charge in [0.2, 0.25) is 0 Å². The van der Waals surface area contributed by atoms with Gasteiger partial charge in [-0.2, -0.15) is 13.2 Å². The second-order valence-corrected chi connectivity index (χ2v) is 18.8. The van der Waals surface area contributed by atoms with Gasteiger partial charge in [-0.15, -0.1) is 0 Å². The highest BCUT2D eigenvalue weighted by molar-refractivity contribution is 6.12. The Kier molecular flexibility index (Phi) is 10.3. The van der Waals surface area contributed by atoms with Crippen LogP contribution < -0.4 is 0 Å². The zero-order chi connectivity index (χ0) is 48.7. The van der Waals surface area contributed by atoms with E-state index in [1.54, 1.807) is 6.07 Å². The van der Waals surface area contributed by atoms with E-state index in [1.807, 2.05) is 66.1 Å². The van der Waals surface area contributed by atoms with Gasteiger partial charge in [0, 0.05) is 38.2 Å². The van der Waals surface area contributed by atoms with E-state index < -0.39 is 11.7 Å². The second-order valence-electron chi connectivity index (χ2n) is 18.8. The van der Waals surface area contributed by atoms with E-state index in [0.717, 1.165) is 83.2 Å². The molecule has 0 saturated heterocycles. The number of aryl methyl sites for hydroxylation is 5. The van der Waals surface area contributed by atoms with Crippen molar-refractivity contribution in [2.75, 3.05) is 0 Å². The summed E-state index contributed by atoms with van der Waals surface area (Å²) >= 11 is 0. The minimum Gasteiger partial charge on any atom is -0.309 e. The van der Waals surface area contributed by atoms with Crippen LogP contribution in [0.25, 0.3) is 111 Å². The Balaban J connectivity index is 1.11. The number of nitrogens with zero attached hydrogens (tertiary/aromatic N) is 5. The molecule has 5 nitrogen and oxygen atoms in total. The molecule has 0 N–H and O–H groups in total. The zero-order valence-electron chi connectivity index (χ0n) is 39.8. The second kappa shape index (κ2) is 16.8. The molecule has 0 amide bonds. The van der Waals surface area contributed by atoms with Crippen LogP contribution in [0.1, 0.15) is 33.4 Å². The van der Waals surface area contributed by atoms with Crippen LogP contribution in [0.4, 0.5) is 13.2 Å². The predicted octanol–water partition coefficient (Wildman–Crippen LogP) is 17.0. The highest BCUT2D eigenvalue weighted by Gasteiger charge is 2.33. The molecule has 3 aromatic heterocycles. The monoisotopic (exact) mass is 929 g/mol. The van der Waals surface area contributed by atoms with E-state index in [-0.39, 0.29) is 11.4 Å². The van der Waals surface area contributed by atoms with Gasteiger partial charge in [0.25, 0.3) is 0 Å². The lowest BCUT2D eigenvalue weighted by atomic mass is 9.99. The first-order chi connectivity index (χ1) is 34.3. The molecule has 12 rings (SSSR count). The number of hydrogen-bond acceptors (Lipinski definition) is 3. The SMILES string of the molecule is Cc1cc(C)cc(-c2ccc3c(c2)c2ccccc2n3-c2ccc(C)cc2-c2nc(-c3ccccc3)nc(-c3cc(C(F)(F)F)ccc3-n3c4ccccc4c4cc(-c5cc(C)cc(C)c5)ccc43)n2)c1. The first-order valence-electron chi connectivity index (χ1n) is 23.7. The lowest BCUT2D eigenvalue weighted by molar-refractivity contribution is -0.137. The summed E-state index contributed by atoms with van der Waals surface area (Å²) < 4.78 is 49.3. The maximum Gasteiger partial charge on any atom is 0.416 e. The third-order valence-corrected chi connectivity index (χ3v) is 13.6. The fourth-order valence-corrected chi connectivity index (χ4v) is 10.6. The van der Waals surface area contributed by atoms with Crippen LogP contribution in [0.3, 0.4) is 0 Å². The van der Waals surface area contributed by atoms with Crippen molar-refractivity contribution in [3.05, 3.63) is 221 Å². The summed E-state index contributed by atoms with van der Waals surface area (Å²) in [6.45, 7) is 10.5. The number of hydrogen-bond donors (Lipinski definition) is 0. The van der Waals surface area contributed by atoms with Crippen LogP contribution in [0.2, 0.25) is 0 Å². The number of benzene rings is 9. The molecule has 8 heteroatoms. The highest BCUT2D eigenvalue weighted by Crippen LogP contribution is 2.43. The van der Waals surface area contributed by atoms with E-state index in [0.29, 0.717) is 28.5 Å². The third-order valence-electron chi connectivity index (χ3n) is 13.6. The molecular weight excluding hydrogens is 884 g/mol. The Bertz CT molecular complexity index is 4060. The van der Waals surface area contributed by atoms with Crippen molar-refractivity contribution in [2.24, 2.45) is 0 Å². The maximum atomic E-state index is 15.0. The van der Waals surface area contributed by atoms with Crippen molar-refractivity contribution in [1.82, 2.24) is 24.1 Å². The molecule has 0 unspecified atom stereocenters. The molecule has 0 bridgehead atoms. The molecule has 0 spiro atoms. The van der Waals surface area contributed by atoms with Gasteiger partial charge in [-0.25, -0.2) is 15.0 Å². The maximum absolute atomic E-state index is 15.0. The van der Waals surface area contributed by atoms with Crippen LogP contribution in [0.5, 0.6) is 0 Å². The Labute approximate surface area is 409 Å². The van der Waals surface area contributed by atoms with Crippen LogP contribution in [0.15, 0.2) is 188 Å². The molecule has 3 heterocycles. The summed E-state index contributed by atoms with van der Waals surface area (Å²) in [4.78, 5) is 15.5. The fraction of sp³-hybridized carbons (Fsp3) is 0.0952. The summed E-state index contributed by atoms with van der Waals surface area (Å²) in [6.07, 6.45) is -4.65. The summed E-state index contributed by atoms with van der Waals surface area (Å²) in [5.41, 5.74) is 15.9. The number of alkyl halides is 3. The topological polar surface area (TPSA) is 48.5 Å². The number of fused-ring (bicyclic) bond motifs is 6. The average molecular weight is 930 g/mol. The molecule has 12 aromatic rings. The van der Waals surface area contributed by atoms with Gasteiger partial charge in [0.15, 0.2) is 17.5 Å². The van der Waals surface area contributed by atoms with Gasteiger partial charge in [-0.3, -0.25) is 0 Å². The van der Waals surface area contributed by atoms with Crippen LogP contribution in [0, 0.1) is 34.6 Å². The lowest BCUT2D eigenvalue weighted by Gasteiger charge is -2.18.